The van der Waals surface area contributed by atoms with Crippen molar-refractivity contribution in [1.82, 2.24) is 5.32 Å². The molecule has 0 aliphatic carbocycles. The monoisotopic (exact) mass is 181 g/mol. The van der Waals surface area contributed by atoms with Gasteiger partial charge in [0, 0.05) is 4.88 Å². The van der Waals surface area contributed by atoms with Gasteiger partial charge in [-0.25, -0.2) is 0 Å². The van der Waals surface area contributed by atoms with Crippen LogP contribution in [0.3, 0.4) is 0 Å². The van der Waals surface area contributed by atoms with Gasteiger partial charge in [-0.3, -0.25) is 0 Å². The third-order valence-corrected chi connectivity index (χ3v) is 3.43. The summed E-state index contributed by atoms with van der Waals surface area (Å²) in [6.07, 6.45) is 4.02. The van der Waals surface area contributed by atoms with E-state index in [0.29, 0.717) is 0 Å². The van der Waals surface area contributed by atoms with Gasteiger partial charge in [0.15, 0.2) is 0 Å². The zero-order valence-corrected chi connectivity index (χ0v) is 8.07. The van der Waals surface area contributed by atoms with Crippen molar-refractivity contribution in [2.45, 2.75) is 19.3 Å². The van der Waals surface area contributed by atoms with Gasteiger partial charge in [0.1, 0.15) is 0 Å². The molecule has 2 rings (SSSR count). The first-order valence-electron chi connectivity index (χ1n) is 4.68. The van der Waals surface area contributed by atoms with Gasteiger partial charge >= 0.3 is 0 Å². The maximum absolute atomic E-state index is 3.40. The summed E-state index contributed by atoms with van der Waals surface area (Å²) in [5.74, 6) is 0.935. The molecule has 2 heteroatoms. The van der Waals surface area contributed by atoms with E-state index < -0.39 is 0 Å². The van der Waals surface area contributed by atoms with E-state index in [2.05, 4.69) is 22.8 Å². The van der Waals surface area contributed by atoms with E-state index in [-0.39, 0.29) is 0 Å². The van der Waals surface area contributed by atoms with Gasteiger partial charge in [0.05, 0.1) is 0 Å². The van der Waals surface area contributed by atoms with Crippen molar-refractivity contribution in [2.75, 3.05) is 13.1 Å². The third kappa shape index (κ3) is 2.08. The van der Waals surface area contributed by atoms with Crippen LogP contribution < -0.4 is 5.32 Å². The number of rotatable bonds is 2. The van der Waals surface area contributed by atoms with E-state index >= 15 is 0 Å². The Morgan fingerprint density at radius 2 is 2.25 bits per heavy atom. The smallest absolute Gasteiger partial charge is 0.00479 e. The molecule has 1 saturated heterocycles. The van der Waals surface area contributed by atoms with Crippen LogP contribution in [0.5, 0.6) is 0 Å². The molecular weight excluding hydrogens is 166 g/mol. The lowest BCUT2D eigenvalue weighted by molar-refractivity contribution is 0.374. The predicted molar refractivity (Wildman–Crippen MR) is 53.6 cm³/mol. The topological polar surface area (TPSA) is 12.0 Å². The fourth-order valence-corrected chi connectivity index (χ4v) is 2.62. The normalized spacial score (nSPS) is 19.7. The molecule has 1 fully saturated rings. The van der Waals surface area contributed by atoms with Gasteiger partial charge in [-0.05, 0) is 49.7 Å². The van der Waals surface area contributed by atoms with Gasteiger partial charge in [-0.15, -0.1) is 11.3 Å². The van der Waals surface area contributed by atoms with E-state index in [1.807, 2.05) is 11.3 Å². The molecule has 0 saturated carbocycles. The summed E-state index contributed by atoms with van der Waals surface area (Å²) in [6.45, 7) is 2.44. The fraction of sp³-hybridized carbons (Fsp3) is 0.600. The molecule has 0 amide bonds. The van der Waals surface area contributed by atoms with Crippen molar-refractivity contribution in [3.63, 3.8) is 0 Å². The summed E-state index contributed by atoms with van der Waals surface area (Å²) in [5.41, 5.74) is 0. The molecule has 0 radical (unpaired) electrons. The Kier molecular flexibility index (Phi) is 2.79. The zero-order chi connectivity index (χ0) is 8.23. The number of hydrogen-bond acceptors (Lipinski definition) is 2. The number of piperidine rings is 1. The molecule has 1 nitrogen and oxygen atoms in total. The second-order valence-electron chi connectivity index (χ2n) is 3.48. The second-order valence-corrected chi connectivity index (χ2v) is 4.51. The lowest BCUT2D eigenvalue weighted by atomic mass is 9.94. The molecule has 66 valence electrons. The van der Waals surface area contributed by atoms with Crippen LogP contribution in [-0.4, -0.2) is 13.1 Å². The van der Waals surface area contributed by atoms with Gasteiger partial charge in [-0.2, -0.15) is 0 Å². The van der Waals surface area contributed by atoms with E-state index in [4.69, 9.17) is 0 Å². The van der Waals surface area contributed by atoms with E-state index in [1.54, 1.807) is 4.88 Å². The number of hydrogen-bond donors (Lipinski definition) is 1. The Bertz CT molecular complexity index is 212. The molecular formula is C10H15NS. The molecule has 1 N–H and O–H groups in total. The molecule has 12 heavy (non-hydrogen) atoms. The largest absolute Gasteiger partial charge is 0.317 e. The van der Waals surface area contributed by atoms with Crippen LogP contribution in [0.25, 0.3) is 0 Å². The molecule has 1 aromatic heterocycles. The van der Waals surface area contributed by atoms with Crippen molar-refractivity contribution in [3.8, 4) is 0 Å². The maximum Gasteiger partial charge on any atom is 0.00479 e. The Morgan fingerprint density at radius 3 is 2.92 bits per heavy atom. The predicted octanol–water partition coefficient (Wildman–Crippen LogP) is 2.29. The molecule has 0 spiro atoms. The number of nitrogens with one attached hydrogen (secondary N) is 1. The SMILES string of the molecule is c1csc(CC2CCNCC2)c1. The van der Waals surface area contributed by atoms with Gasteiger partial charge in [-0.1, -0.05) is 6.07 Å². The van der Waals surface area contributed by atoms with Crippen LogP contribution in [0.4, 0.5) is 0 Å². The average molecular weight is 181 g/mol. The van der Waals surface area contributed by atoms with Gasteiger partial charge < -0.3 is 5.32 Å². The lowest BCUT2D eigenvalue weighted by Crippen LogP contribution is -2.28. The van der Waals surface area contributed by atoms with Crippen molar-refractivity contribution in [2.24, 2.45) is 5.92 Å². The second kappa shape index (κ2) is 4.06. The molecule has 0 aromatic carbocycles. The lowest BCUT2D eigenvalue weighted by Gasteiger charge is -2.21. The molecule has 0 unspecified atom stereocenters. The summed E-state index contributed by atoms with van der Waals surface area (Å²) in [6, 6.07) is 4.41. The van der Waals surface area contributed by atoms with Crippen molar-refractivity contribution >= 4 is 11.3 Å². The first-order valence-corrected chi connectivity index (χ1v) is 5.56. The van der Waals surface area contributed by atoms with Crippen molar-refractivity contribution < 1.29 is 0 Å². The highest BCUT2D eigenvalue weighted by molar-refractivity contribution is 7.09. The highest BCUT2D eigenvalue weighted by Crippen LogP contribution is 2.20. The summed E-state index contributed by atoms with van der Waals surface area (Å²) in [4.78, 5) is 1.56. The summed E-state index contributed by atoms with van der Waals surface area (Å²) in [7, 11) is 0. The minimum Gasteiger partial charge on any atom is -0.317 e. The van der Waals surface area contributed by atoms with Crippen LogP contribution in [-0.2, 0) is 6.42 Å². The Morgan fingerprint density at radius 1 is 1.42 bits per heavy atom. The van der Waals surface area contributed by atoms with Crippen LogP contribution in [0, 0.1) is 5.92 Å². The van der Waals surface area contributed by atoms with Gasteiger partial charge in [0.2, 0.25) is 0 Å². The first-order chi connectivity index (χ1) is 5.95. The van der Waals surface area contributed by atoms with Crippen LogP contribution >= 0.6 is 11.3 Å². The minimum atomic E-state index is 0.935. The maximum atomic E-state index is 3.40. The van der Waals surface area contributed by atoms with Gasteiger partial charge in [0.25, 0.3) is 0 Å². The molecule has 1 aliphatic heterocycles. The van der Waals surface area contributed by atoms with Crippen molar-refractivity contribution in [1.29, 1.82) is 0 Å². The Balaban J connectivity index is 1.86. The van der Waals surface area contributed by atoms with Crippen molar-refractivity contribution in [3.05, 3.63) is 22.4 Å². The minimum absolute atomic E-state index is 0.935. The Labute approximate surface area is 77.8 Å². The van der Waals surface area contributed by atoms with Crippen LogP contribution in [0.15, 0.2) is 17.5 Å². The van der Waals surface area contributed by atoms with Crippen LogP contribution in [0.2, 0.25) is 0 Å². The molecule has 0 atom stereocenters. The molecule has 1 aliphatic rings. The fourth-order valence-electron chi connectivity index (χ4n) is 1.80. The van der Waals surface area contributed by atoms with Crippen LogP contribution in [0.1, 0.15) is 17.7 Å². The number of thiophene rings is 1. The van der Waals surface area contributed by atoms with E-state index in [9.17, 15) is 0 Å². The summed E-state index contributed by atoms with van der Waals surface area (Å²) >= 11 is 1.90. The molecule has 1 aromatic rings. The van der Waals surface area contributed by atoms with E-state index in [1.165, 1.54) is 32.4 Å². The van der Waals surface area contributed by atoms with E-state index in [0.717, 1.165) is 5.92 Å². The Hall–Kier alpha value is -0.340. The average Bonchev–Trinajstić information content (AvgIpc) is 2.59. The highest BCUT2D eigenvalue weighted by atomic mass is 32.1. The molecule has 0 bridgehead atoms. The quantitative estimate of drug-likeness (QED) is 0.738. The summed E-state index contributed by atoms with van der Waals surface area (Å²) in [5, 5.41) is 5.57. The molecule has 2 heterocycles. The highest BCUT2D eigenvalue weighted by Gasteiger charge is 2.13. The standard InChI is InChI=1S/C10H15NS/c1-2-10(12-7-1)8-9-3-5-11-6-4-9/h1-2,7,9,11H,3-6,8H2. The first kappa shape index (κ1) is 8.27. The zero-order valence-electron chi connectivity index (χ0n) is 7.25. The third-order valence-electron chi connectivity index (χ3n) is 2.53. The summed E-state index contributed by atoms with van der Waals surface area (Å²) < 4.78 is 0.